The molecule has 0 spiro atoms. The van der Waals surface area contributed by atoms with Crippen LogP contribution in [0.15, 0.2) is 59.1 Å². The van der Waals surface area contributed by atoms with Gasteiger partial charge in [0, 0.05) is 10.0 Å². The molecule has 23 heavy (non-hydrogen) atoms. The van der Waals surface area contributed by atoms with Crippen molar-refractivity contribution in [2.24, 2.45) is 0 Å². The summed E-state index contributed by atoms with van der Waals surface area (Å²) in [7, 11) is 0. The molecular weight excluding hydrogens is 356 g/mol. The number of hydrogen-bond acceptors (Lipinski definition) is 2. The predicted octanol–water partition coefficient (Wildman–Crippen LogP) is 4.84. The van der Waals surface area contributed by atoms with Crippen LogP contribution in [-0.2, 0) is 0 Å². The molecule has 0 atom stereocenters. The number of fused-ring (bicyclic) bond motifs is 2. The first-order valence-electron chi connectivity index (χ1n) is 7.04. The molecule has 0 amide bonds. The van der Waals surface area contributed by atoms with E-state index < -0.39 is 5.97 Å². The summed E-state index contributed by atoms with van der Waals surface area (Å²) in [5, 5.41) is 11.3. The molecule has 1 aromatic heterocycles. The smallest absolute Gasteiger partial charge is 0.335 e. The van der Waals surface area contributed by atoms with E-state index in [-0.39, 0.29) is 5.56 Å². The molecule has 0 saturated heterocycles. The van der Waals surface area contributed by atoms with Gasteiger partial charge < -0.3 is 10.1 Å². The fourth-order valence-electron chi connectivity index (χ4n) is 2.75. The van der Waals surface area contributed by atoms with Crippen molar-refractivity contribution in [2.45, 2.75) is 0 Å². The van der Waals surface area contributed by atoms with E-state index >= 15 is 0 Å². The lowest BCUT2D eigenvalue weighted by molar-refractivity contribution is 0.0697. The number of aromatic carboxylic acids is 1. The van der Waals surface area contributed by atoms with Crippen LogP contribution < -0.4 is 0 Å². The van der Waals surface area contributed by atoms with E-state index in [0.717, 1.165) is 32.1 Å². The number of H-pyrrole nitrogens is 1. The van der Waals surface area contributed by atoms with Gasteiger partial charge in [0.2, 0.25) is 0 Å². The number of benzene rings is 3. The molecule has 4 rings (SSSR count). The van der Waals surface area contributed by atoms with Crippen molar-refractivity contribution >= 4 is 43.7 Å². The molecule has 3 aromatic carbocycles. The number of aromatic amines is 1. The lowest BCUT2D eigenvalue weighted by Gasteiger charge is -2.05. The summed E-state index contributed by atoms with van der Waals surface area (Å²) < 4.78 is 1.03. The van der Waals surface area contributed by atoms with Gasteiger partial charge in [0.15, 0.2) is 0 Å². The largest absolute Gasteiger partial charge is 0.478 e. The highest BCUT2D eigenvalue weighted by atomic mass is 79.9. The minimum atomic E-state index is -0.947. The van der Waals surface area contributed by atoms with Crippen LogP contribution in [0.3, 0.4) is 0 Å². The Balaban J connectivity index is 1.96. The minimum absolute atomic E-state index is 0.244. The number of hydrogen-bond donors (Lipinski definition) is 2. The van der Waals surface area contributed by atoms with E-state index in [1.54, 1.807) is 18.2 Å². The van der Waals surface area contributed by atoms with E-state index in [1.807, 2.05) is 36.4 Å². The molecule has 0 unspecified atom stereocenters. The molecule has 4 nitrogen and oxygen atoms in total. The summed E-state index contributed by atoms with van der Waals surface area (Å²) in [4.78, 5) is 18.9. The Morgan fingerprint density at radius 1 is 1.04 bits per heavy atom. The number of halogens is 1. The fourth-order valence-corrected chi connectivity index (χ4v) is 3.25. The molecule has 0 aliphatic carbocycles. The van der Waals surface area contributed by atoms with Gasteiger partial charge in [-0.05, 0) is 35.0 Å². The van der Waals surface area contributed by atoms with Crippen molar-refractivity contribution in [3.63, 3.8) is 0 Å². The van der Waals surface area contributed by atoms with Gasteiger partial charge in [-0.2, -0.15) is 0 Å². The summed E-state index contributed by atoms with van der Waals surface area (Å²) in [5.41, 5.74) is 2.69. The second-order valence-electron chi connectivity index (χ2n) is 5.26. The maximum absolute atomic E-state index is 11.1. The third-order valence-corrected chi connectivity index (χ3v) is 4.54. The Bertz CT molecular complexity index is 1070. The zero-order valence-corrected chi connectivity index (χ0v) is 13.5. The van der Waals surface area contributed by atoms with Crippen molar-refractivity contribution in [3.8, 4) is 11.4 Å². The first kappa shape index (κ1) is 14.0. The van der Waals surface area contributed by atoms with Crippen LogP contribution in [0.25, 0.3) is 33.2 Å². The van der Waals surface area contributed by atoms with E-state index in [0.29, 0.717) is 5.52 Å². The quantitative estimate of drug-likeness (QED) is 0.533. The van der Waals surface area contributed by atoms with Crippen molar-refractivity contribution in [3.05, 3.63) is 64.6 Å². The van der Waals surface area contributed by atoms with Crippen molar-refractivity contribution in [2.75, 3.05) is 0 Å². The Morgan fingerprint density at radius 3 is 2.65 bits per heavy atom. The number of carboxylic acid groups (broad SMARTS) is 1. The van der Waals surface area contributed by atoms with Gasteiger partial charge in [0.25, 0.3) is 0 Å². The highest BCUT2D eigenvalue weighted by Gasteiger charge is 2.11. The summed E-state index contributed by atoms with van der Waals surface area (Å²) >= 11 is 3.57. The van der Waals surface area contributed by atoms with Gasteiger partial charge in [0.1, 0.15) is 5.82 Å². The third kappa shape index (κ3) is 2.29. The zero-order chi connectivity index (χ0) is 16.0. The number of nitrogens with zero attached hydrogens (tertiary/aromatic N) is 1. The second-order valence-corrected chi connectivity index (χ2v) is 6.12. The normalized spacial score (nSPS) is 11.2. The van der Waals surface area contributed by atoms with Crippen LogP contribution in [0, 0.1) is 0 Å². The maximum atomic E-state index is 11.1. The molecule has 0 fully saturated rings. The molecule has 0 bridgehead atoms. The number of carbonyl (C=O) groups is 1. The van der Waals surface area contributed by atoms with Gasteiger partial charge in [-0.25, -0.2) is 9.78 Å². The Kier molecular flexibility index (Phi) is 3.16. The predicted molar refractivity (Wildman–Crippen MR) is 93.7 cm³/mol. The SMILES string of the molecule is O=C(O)c1ccc2nc(-c3cccc4c(Br)cccc34)[nH]c2c1. The zero-order valence-electron chi connectivity index (χ0n) is 11.9. The molecule has 112 valence electrons. The number of aromatic nitrogens is 2. The first-order chi connectivity index (χ1) is 11.1. The molecule has 2 N–H and O–H groups in total. The highest BCUT2D eigenvalue weighted by Crippen LogP contribution is 2.32. The van der Waals surface area contributed by atoms with Crippen molar-refractivity contribution in [1.29, 1.82) is 0 Å². The summed E-state index contributed by atoms with van der Waals surface area (Å²) in [5.74, 6) is -0.219. The second kappa shape index (κ2) is 5.21. The minimum Gasteiger partial charge on any atom is -0.478 e. The number of rotatable bonds is 2. The molecule has 0 radical (unpaired) electrons. The van der Waals surface area contributed by atoms with E-state index in [2.05, 4.69) is 25.9 Å². The number of imidazole rings is 1. The summed E-state index contributed by atoms with van der Waals surface area (Å²) in [6.07, 6.45) is 0. The van der Waals surface area contributed by atoms with Gasteiger partial charge in [-0.1, -0.05) is 46.3 Å². The molecule has 4 aromatic rings. The van der Waals surface area contributed by atoms with E-state index in [9.17, 15) is 4.79 Å². The van der Waals surface area contributed by atoms with Crippen LogP contribution >= 0.6 is 15.9 Å². The van der Waals surface area contributed by atoms with Gasteiger partial charge in [-0.3, -0.25) is 0 Å². The number of nitrogens with one attached hydrogen (secondary N) is 1. The topological polar surface area (TPSA) is 66.0 Å². The third-order valence-electron chi connectivity index (χ3n) is 3.85. The first-order valence-corrected chi connectivity index (χ1v) is 7.83. The van der Waals surface area contributed by atoms with Crippen molar-refractivity contribution in [1.82, 2.24) is 9.97 Å². The standard InChI is InChI=1S/C18H11BrN2O2/c19-14-6-2-3-11-12(14)4-1-5-13(11)17-20-15-8-7-10(18(22)23)9-16(15)21-17/h1-9H,(H,20,21)(H,22,23). The van der Waals surface area contributed by atoms with Crippen molar-refractivity contribution < 1.29 is 9.90 Å². The summed E-state index contributed by atoms with van der Waals surface area (Å²) in [6, 6.07) is 17.0. The summed E-state index contributed by atoms with van der Waals surface area (Å²) in [6.45, 7) is 0. The molecular formula is C18H11BrN2O2. The van der Waals surface area contributed by atoms with Gasteiger partial charge in [0.05, 0.1) is 16.6 Å². The van der Waals surface area contributed by atoms with Crippen LogP contribution in [0.2, 0.25) is 0 Å². The van der Waals surface area contributed by atoms with E-state index in [4.69, 9.17) is 5.11 Å². The molecule has 0 aliphatic rings. The molecule has 1 heterocycles. The fraction of sp³-hybridized carbons (Fsp3) is 0. The van der Waals surface area contributed by atoms with Crippen LogP contribution in [0.4, 0.5) is 0 Å². The number of carboxylic acids is 1. The lowest BCUT2D eigenvalue weighted by Crippen LogP contribution is -1.94. The Labute approximate surface area is 139 Å². The van der Waals surface area contributed by atoms with Gasteiger partial charge >= 0.3 is 5.97 Å². The molecule has 0 saturated carbocycles. The maximum Gasteiger partial charge on any atom is 0.335 e. The average molecular weight is 367 g/mol. The Hall–Kier alpha value is -2.66. The van der Waals surface area contributed by atoms with Crippen LogP contribution in [0.1, 0.15) is 10.4 Å². The van der Waals surface area contributed by atoms with Crippen LogP contribution in [0.5, 0.6) is 0 Å². The molecule has 5 heteroatoms. The van der Waals surface area contributed by atoms with E-state index in [1.165, 1.54) is 0 Å². The Morgan fingerprint density at radius 2 is 1.83 bits per heavy atom. The van der Waals surface area contributed by atoms with Crippen LogP contribution in [-0.4, -0.2) is 21.0 Å². The van der Waals surface area contributed by atoms with Gasteiger partial charge in [-0.15, -0.1) is 0 Å². The monoisotopic (exact) mass is 366 g/mol. The highest BCUT2D eigenvalue weighted by molar-refractivity contribution is 9.10. The average Bonchev–Trinajstić information content (AvgIpc) is 2.97. The lowest BCUT2D eigenvalue weighted by atomic mass is 10.0. The molecule has 0 aliphatic heterocycles.